The predicted molar refractivity (Wildman–Crippen MR) is 81.7 cm³/mol. The van der Waals surface area contributed by atoms with Gasteiger partial charge in [0.2, 0.25) is 0 Å². The molecule has 0 atom stereocenters. The summed E-state index contributed by atoms with van der Waals surface area (Å²) in [6.07, 6.45) is 5.16. The molecular weight excluding hydrogens is 268 g/mol. The summed E-state index contributed by atoms with van der Waals surface area (Å²) in [6.45, 7) is 0.282. The molecule has 2 aromatic heterocycles. The third-order valence-electron chi connectivity index (χ3n) is 2.84. The Hall–Kier alpha value is -2.51. The van der Waals surface area contributed by atoms with E-state index < -0.39 is 0 Å². The normalized spacial score (nSPS) is 10.2. The van der Waals surface area contributed by atoms with Crippen molar-refractivity contribution in [3.63, 3.8) is 0 Å². The molecule has 4 heteroatoms. The van der Waals surface area contributed by atoms with Crippen LogP contribution < -0.4 is 4.74 Å². The van der Waals surface area contributed by atoms with E-state index in [2.05, 4.69) is 22.2 Å². The average Bonchev–Trinajstić information content (AvgIpc) is 3.16. The van der Waals surface area contributed by atoms with Crippen LogP contribution in [0, 0.1) is 12.3 Å². The predicted octanol–water partition coefficient (Wildman–Crippen LogP) is 3.82. The van der Waals surface area contributed by atoms with Crippen molar-refractivity contribution in [2.24, 2.45) is 0 Å². The van der Waals surface area contributed by atoms with Crippen LogP contribution in [0.1, 0.15) is 0 Å². The molecule has 2 heterocycles. The first-order valence-electron chi connectivity index (χ1n) is 6.13. The Morgan fingerprint density at radius 3 is 2.80 bits per heavy atom. The summed E-state index contributed by atoms with van der Waals surface area (Å²) in [7, 11) is 0. The van der Waals surface area contributed by atoms with Gasteiger partial charge < -0.3 is 4.74 Å². The van der Waals surface area contributed by atoms with Gasteiger partial charge in [-0.1, -0.05) is 12.0 Å². The summed E-state index contributed by atoms with van der Waals surface area (Å²) >= 11 is 1.69. The maximum atomic E-state index is 5.35. The third kappa shape index (κ3) is 2.58. The molecule has 3 nitrogen and oxygen atoms in total. The summed E-state index contributed by atoms with van der Waals surface area (Å²) in [5, 5.41) is 9.45. The van der Waals surface area contributed by atoms with Gasteiger partial charge in [-0.2, -0.15) is 5.10 Å². The van der Waals surface area contributed by atoms with E-state index in [4.69, 9.17) is 11.2 Å². The lowest BCUT2D eigenvalue weighted by atomic mass is 10.1. The first kappa shape index (κ1) is 12.5. The molecule has 1 N–H and O–H groups in total. The fraction of sp³-hybridized carbons (Fsp3) is 0.0625. The van der Waals surface area contributed by atoms with E-state index in [9.17, 15) is 0 Å². The lowest BCUT2D eigenvalue weighted by Crippen LogP contribution is -1.92. The van der Waals surface area contributed by atoms with E-state index in [0.29, 0.717) is 0 Å². The van der Waals surface area contributed by atoms with Crippen LogP contribution in [-0.4, -0.2) is 16.8 Å². The van der Waals surface area contributed by atoms with Gasteiger partial charge in [0.25, 0.3) is 0 Å². The van der Waals surface area contributed by atoms with Crippen molar-refractivity contribution in [1.82, 2.24) is 10.2 Å². The van der Waals surface area contributed by atoms with Gasteiger partial charge in [-0.3, -0.25) is 5.10 Å². The third-order valence-corrected chi connectivity index (χ3v) is 3.74. The van der Waals surface area contributed by atoms with Crippen molar-refractivity contribution in [2.75, 3.05) is 6.61 Å². The minimum absolute atomic E-state index is 0.282. The monoisotopic (exact) mass is 280 g/mol. The molecule has 0 aliphatic carbocycles. The van der Waals surface area contributed by atoms with E-state index in [1.807, 2.05) is 41.8 Å². The Morgan fingerprint density at radius 1 is 1.25 bits per heavy atom. The van der Waals surface area contributed by atoms with Crippen molar-refractivity contribution < 1.29 is 4.74 Å². The minimum Gasteiger partial charge on any atom is -0.481 e. The average molecular weight is 280 g/mol. The van der Waals surface area contributed by atoms with Crippen molar-refractivity contribution >= 4 is 11.3 Å². The van der Waals surface area contributed by atoms with Crippen LogP contribution in [0.15, 0.2) is 47.8 Å². The Kier molecular flexibility index (Phi) is 3.53. The number of rotatable bonds is 4. The molecule has 0 amide bonds. The highest BCUT2D eigenvalue weighted by atomic mass is 32.1. The van der Waals surface area contributed by atoms with E-state index in [-0.39, 0.29) is 6.61 Å². The number of thiophene rings is 1. The van der Waals surface area contributed by atoms with Gasteiger partial charge in [0.05, 0.1) is 16.3 Å². The molecule has 0 spiro atoms. The molecule has 0 fully saturated rings. The standard InChI is InChI=1S/C16H12N2OS/c1-2-9-19-13-7-5-12(6-8-13)14-11-15(18-17-14)16-4-3-10-20-16/h1,3-8,10-11H,9H2,(H,17,18). The summed E-state index contributed by atoms with van der Waals surface area (Å²) in [6, 6.07) is 13.9. The highest BCUT2D eigenvalue weighted by Crippen LogP contribution is 2.27. The number of H-pyrrole nitrogens is 1. The maximum Gasteiger partial charge on any atom is 0.148 e. The van der Waals surface area contributed by atoms with Crippen LogP contribution in [0.2, 0.25) is 0 Å². The lowest BCUT2D eigenvalue weighted by molar-refractivity contribution is 0.370. The first-order valence-corrected chi connectivity index (χ1v) is 7.01. The molecule has 20 heavy (non-hydrogen) atoms. The van der Waals surface area contributed by atoms with Gasteiger partial charge in [-0.15, -0.1) is 17.8 Å². The second kappa shape index (κ2) is 5.64. The molecule has 1 aromatic carbocycles. The number of hydrogen-bond acceptors (Lipinski definition) is 3. The summed E-state index contributed by atoms with van der Waals surface area (Å²) < 4.78 is 5.35. The Labute approximate surface area is 121 Å². The van der Waals surface area contributed by atoms with Gasteiger partial charge in [0.1, 0.15) is 12.4 Å². The molecule has 0 aliphatic rings. The van der Waals surface area contributed by atoms with Gasteiger partial charge in [-0.25, -0.2) is 0 Å². The van der Waals surface area contributed by atoms with Gasteiger partial charge in [0.15, 0.2) is 0 Å². The van der Waals surface area contributed by atoms with Gasteiger partial charge in [0, 0.05) is 5.56 Å². The highest BCUT2D eigenvalue weighted by Gasteiger charge is 2.06. The fourth-order valence-electron chi connectivity index (χ4n) is 1.87. The van der Waals surface area contributed by atoms with E-state index >= 15 is 0 Å². The van der Waals surface area contributed by atoms with Crippen LogP contribution in [-0.2, 0) is 0 Å². The number of nitrogens with zero attached hydrogens (tertiary/aromatic N) is 1. The zero-order valence-electron chi connectivity index (χ0n) is 10.7. The zero-order valence-corrected chi connectivity index (χ0v) is 11.5. The largest absolute Gasteiger partial charge is 0.481 e. The maximum absolute atomic E-state index is 5.35. The van der Waals surface area contributed by atoms with E-state index in [1.165, 1.54) is 4.88 Å². The summed E-state index contributed by atoms with van der Waals surface area (Å²) in [4.78, 5) is 1.18. The lowest BCUT2D eigenvalue weighted by Gasteiger charge is -2.02. The smallest absolute Gasteiger partial charge is 0.148 e. The van der Waals surface area contributed by atoms with Crippen LogP contribution >= 0.6 is 11.3 Å². The number of terminal acetylenes is 1. The SMILES string of the molecule is C#CCOc1ccc(-c2cc(-c3cccs3)[nH]n2)cc1. The number of benzene rings is 1. The minimum atomic E-state index is 0.282. The molecular formula is C16H12N2OS. The van der Waals surface area contributed by atoms with Gasteiger partial charge in [-0.05, 0) is 41.8 Å². The molecule has 0 saturated heterocycles. The number of aromatic nitrogens is 2. The molecule has 3 aromatic rings. The van der Waals surface area contributed by atoms with Crippen LogP contribution in [0.5, 0.6) is 5.75 Å². The molecule has 0 unspecified atom stereocenters. The molecule has 0 saturated carbocycles. The number of hydrogen-bond donors (Lipinski definition) is 1. The van der Waals surface area contributed by atoms with E-state index in [0.717, 1.165) is 22.7 Å². The van der Waals surface area contributed by atoms with Crippen molar-refractivity contribution in [3.8, 4) is 39.9 Å². The Morgan fingerprint density at radius 2 is 2.10 bits per heavy atom. The highest BCUT2D eigenvalue weighted by molar-refractivity contribution is 7.13. The van der Waals surface area contributed by atoms with Crippen molar-refractivity contribution in [2.45, 2.75) is 0 Å². The molecule has 98 valence electrons. The van der Waals surface area contributed by atoms with Crippen molar-refractivity contribution in [1.29, 1.82) is 0 Å². The molecule has 3 rings (SSSR count). The second-order valence-corrected chi connectivity index (χ2v) is 5.11. The van der Waals surface area contributed by atoms with Crippen LogP contribution in [0.25, 0.3) is 21.8 Å². The zero-order chi connectivity index (χ0) is 13.8. The van der Waals surface area contributed by atoms with E-state index in [1.54, 1.807) is 11.3 Å². The van der Waals surface area contributed by atoms with Gasteiger partial charge >= 0.3 is 0 Å². The Bertz CT molecular complexity index is 721. The number of aromatic amines is 1. The number of nitrogens with one attached hydrogen (secondary N) is 1. The second-order valence-electron chi connectivity index (χ2n) is 4.16. The topological polar surface area (TPSA) is 37.9 Å². The summed E-state index contributed by atoms with van der Waals surface area (Å²) in [5.74, 6) is 3.21. The molecule has 0 aliphatic heterocycles. The first-order chi connectivity index (χ1) is 9.86. The molecule has 0 radical (unpaired) electrons. The van der Waals surface area contributed by atoms with Crippen LogP contribution in [0.4, 0.5) is 0 Å². The van der Waals surface area contributed by atoms with Crippen LogP contribution in [0.3, 0.4) is 0 Å². The Balaban J connectivity index is 1.81. The fourth-order valence-corrected chi connectivity index (χ4v) is 2.57. The quantitative estimate of drug-likeness (QED) is 0.738. The molecule has 0 bridgehead atoms. The van der Waals surface area contributed by atoms with Crippen molar-refractivity contribution in [3.05, 3.63) is 47.8 Å². The number of ether oxygens (including phenoxy) is 1. The summed E-state index contributed by atoms with van der Waals surface area (Å²) in [5.41, 5.74) is 2.98.